The highest BCUT2D eigenvalue weighted by Crippen LogP contribution is 2.18. The predicted molar refractivity (Wildman–Crippen MR) is 65.5 cm³/mol. The van der Waals surface area contributed by atoms with E-state index < -0.39 is 5.97 Å². The highest BCUT2D eigenvalue weighted by molar-refractivity contribution is 7.16. The van der Waals surface area contributed by atoms with Crippen molar-refractivity contribution in [3.05, 3.63) is 27.0 Å². The summed E-state index contributed by atoms with van der Waals surface area (Å²) in [6.45, 7) is 1.88. The van der Waals surface area contributed by atoms with E-state index in [0.717, 1.165) is 11.3 Å². The monoisotopic (exact) mass is 272 g/mol. The normalized spacial score (nSPS) is 10.7. The maximum atomic E-state index is 11.7. The number of rotatable bonds is 3. The molecular weight excluding hydrogens is 264 g/mol. The Morgan fingerprint density at radius 2 is 2.41 bits per heavy atom. The number of ether oxygens (including phenoxy) is 1. The Morgan fingerprint density at radius 1 is 1.65 bits per heavy atom. The number of thiazole rings is 1. The molecule has 0 spiro atoms. The Kier molecular flexibility index (Phi) is 3.44. The zero-order valence-corrected chi connectivity index (χ0v) is 10.5. The van der Waals surface area contributed by atoms with Gasteiger partial charge in [0.1, 0.15) is 11.4 Å². The summed E-state index contributed by atoms with van der Waals surface area (Å²) in [4.78, 5) is 27.4. The number of aromatic nitrogens is 2. The Bertz CT molecular complexity index is 620. The molecule has 0 atom stereocenters. The van der Waals surface area contributed by atoms with E-state index in [2.05, 4.69) is 4.98 Å². The molecule has 2 aromatic heterocycles. The zero-order chi connectivity index (χ0) is 12.4. The van der Waals surface area contributed by atoms with Gasteiger partial charge in [0.2, 0.25) is 0 Å². The number of hydrogen-bond donors (Lipinski definition) is 0. The lowest BCUT2D eigenvalue weighted by molar-refractivity contribution is -0.143. The summed E-state index contributed by atoms with van der Waals surface area (Å²) < 4.78 is 6.12. The third-order valence-corrected chi connectivity index (χ3v) is 3.20. The van der Waals surface area contributed by atoms with Gasteiger partial charge in [-0.15, -0.1) is 0 Å². The van der Waals surface area contributed by atoms with Gasteiger partial charge in [0.05, 0.1) is 17.1 Å². The van der Waals surface area contributed by atoms with Crippen LogP contribution < -0.4 is 4.87 Å². The maximum Gasteiger partial charge on any atom is 0.326 e. The van der Waals surface area contributed by atoms with Gasteiger partial charge in [-0.05, 0) is 13.0 Å². The van der Waals surface area contributed by atoms with E-state index in [0.29, 0.717) is 15.4 Å². The molecule has 0 aliphatic carbocycles. The second-order valence-corrected chi connectivity index (χ2v) is 4.61. The van der Waals surface area contributed by atoms with Crippen LogP contribution in [-0.4, -0.2) is 22.1 Å². The van der Waals surface area contributed by atoms with Crippen molar-refractivity contribution >= 4 is 39.3 Å². The Balaban J connectivity index is 2.45. The SMILES string of the molecule is CCOC(=O)Cn1c(=O)sc2ncc(Cl)cc21. The molecule has 0 saturated carbocycles. The van der Waals surface area contributed by atoms with E-state index in [4.69, 9.17) is 16.3 Å². The number of halogens is 1. The second kappa shape index (κ2) is 4.85. The second-order valence-electron chi connectivity index (χ2n) is 3.24. The molecule has 0 fully saturated rings. The molecule has 0 N–H and O–H groups in total. The largest absolute Gasteiger partial charge is 0.465 e. The van der Waals surface area contributed by atoms with Crippen LogP contribution in [0.1, 0.15) is 6.92 Å². The number of esters is 1. The molecule has 0 aliphatic rings. The average molecular weight is 273 g/mol. The minimum atomic E-state index is -0.450. The van der Waals surface area contributed by atoms with Crippen LogP contribution in [0.2, 0.25) is 5.02 Å². The molecular formula is C10H9ClN2O3S. The molecule has 0 amide bonds. The van der Waals surface area contributed by atoms with Crippen LogP contribution in [0.4, 0.5) is 0 Å². The van der Waals surface area contributed by atoms with Gasteiger partial charge < -0.3 is 4.74 Å². The van der Waals surface area contributed by atoms with Crippen LogP contribution in [0.15, 0.2) is 17.1 Å². The van der Waals surface area contributed by atoms with Crippen LogP contribution in [0.3, 0.4) is 0 Å². The fourth-order valence-electron chi connectivity index (χ4n) is 1.41. The summed E-state index contributed by atoms with van der Waals surface area (Å²) in [5, 5.41) is 0.424. The summed E-state index contributed by atoms with van der Waals surface area (Å²) in [7, 11) is 0. The van der Waals surface area contributed by atoms with E-state index in [9.17, 15) is 9.59 Å². The van der Waals surface area contributed by atoms with Gasteiger partial charge in [-0.25, -0.2) is 4.98 Å². The fraction of sp³-hybridized carbons (Fsp3) is 0.300. The summed E-state index contributed by atoms with van der Waals surface area (Å²) >= 11 is 6.79. The maximum absolute atomic E-state index is 11.7. The van der Waals surface area contributed by atoms with Crippen molar-refractivity contribution in [3.8, 4) is 0 Å². The summed E-state index contributed by atoms with van der Waals surface area (Å²) in [5.41, 5.74) is 0.556. The molecule has 0 radical (unpaired) electrons. The van der Waals surface area contributed by atoms with Crippen molar-refractivity contribution in [2.24, 2.45) is 0 Å². The summed E-state index contributed by atoms with van der Waals surface area (Å²) in [6, 6.07) is 1.61. The number of nitrogens with zero attached hydrogens (tertiary/aromatic N) is 2. The Hall–Kier alpha value is -1.40. The molecule has 17 heavy (non-hydrogen) atoms. The average Bonchev–Trinajstić information content (AvgIpc) is 2.56. The number of pyridine rings is 1. The molecule has 2 heterocycles. The van der Waals surface area contributed by atoms with E-state index in [1.54, 1.807) is 13.0 Å². The Labute approximate surface area is 106 Å². The third kappa shape index (κ3) is 2.48. The molecule has 0 aromatic carbocycles. The molecule has 0 unspecified atom stereocenters. The van der Waals surface area contributed by atoms with Crippen molar-refractivity contribution in [3.63, 3.8) is 0 Å². The minimum Gasteiger partial charge on any atom is -0.465 e. The summed E-state index contributed by atoms with van der Waals surface area (Å²) in [5.74, 6) is -0.450. The predicted octanol–water partition coefficient (Wildman–Crippen LogP) is 1.67. The summed E-state index contributed by atoms with van der Waals surface area (Å²) in [6.07, 6.45) is 1.47. The van der Waals surface area contributed by atoms with Crippen molar-refractivity contribution in [2.75, 3.05) is 6.61 Å². The number of carbonyl (C=O) groups is 1. The quantitative estimate of drug-likeness (QED) is 0.798. The van der Waals surface area contributed by atoms with Gasteiger partial charge in [-0.1, -0.05) is 22.9 Å². The molecule has 5 nitrogen and oxygen atoms in total. The van der Waals surface area contributed by atoms with Gasteiger partial charge >= 0.3 is 10.8 Å². The van der Waals surface area contributed by atoms with Crippen molar-refractivity contribution < 1.29 is 9.53 Å². The zero-order valence-electron chi connectivity index (χ0n) is 8.97. The highest BCUT2D eigenvalue weighted by atomic mass is 35.5. The lowest BCUT2D eigenvalue weighted by atomic mass is 10.4. The minimum absolute atomic E-state index is 0.116. The molecule has 2 aromatic rings. The van der Waals surface area contributed by atoms with Crippen LogP contribution in [-0.2, 0) is 16.1 Å². The van der Waals surface area contributed by atoms with Crippen LogP contribution >= 0.6 is 22.9 Å². The van der Waals surface area contributed by atoms with Crippen molar-refractivity contribution in [1.82, 2.24) is 9.55 Å². The highest BCUT2D eigenvalue weighted by Gasteiger charge is 2.12. The smallest absolute Gasteiger partial charge is 0.326 e. The first kappa shape index (κ1) is 12.1. The van der Waals surface area contributed by atoms with Crippen molar-refractivity contribution in [1.29, 1.82) is 0 Å². The lowest BCUT2D eigenvalue weighted by Crippen LogP contribution is -2.20. The van der Waals surface area contributed by atoms with E-state index in [1.807, 2.05) is 0 Å². The number of fused-ring (bicyclic) bond motifs is 1. The van der Waals surface area contributed by atoms with Gasteiger partial charge in [-0.3, -0.25) is 14.2 Å². The molecule has 0 bridgehead atoms. The van der Waals surface area contributed by atoms with Gasteiger partial charge in [-0.2, -0.15) is 0 Å². The van der Waals surface area contributed by atoms with Gasteiger partial charge in [0.15, 0.2) is 0 Å². The van der Waals surface area contributed by atoms with E-state index in [1.165, 1.54) is 10.8 Å². The number of hydrogen-bond acceptors (Lipinski definition) is 5. The van der Waals surface area contributed by atoms with Gasteiger partial charge in [0, 0.05) is 6.20 Å². The van der Waals surface area contributed by atoms with Gasteiger partial charge in [0.25, 0.3) is 0 Å². The topological polar surface area (TPSA) is 61.2 Å². The van der Waals surface area contributed by atoms with Crippen molar-refractivity contribution in [2.45, 2.75) is 13.5 Å². The van der Waals surface area contributed by atoms with Crippen LogP contribution in [0.25, 0.3) is 10.3 Å². The first-order chi connectivity index (χ1) is 8.11. The first-order valence-corrected chi connectivity index (χ1v) is 6.11. The molecule has 2 rings (SSSR count). The molecule has 7 heteroatoms. The standard InChI is InChI=1S/C10H9ClN2O3S/c1-2-16-8(14)5-13-7-3-6(11)4-12-9(7)17-10(13)15/h3-4H,2,5H2,1H3. The third-order valence-electron chi connectivity index (χ3n) is 2.09. The molecule has 90 valence electrons. The molecule has 0 saturated heterocycles. The molecule has 0 aliphatic heterocycles. The lowest BCUT2D eigenvalue weighted by Gasteiger charge is -2.03. The van der Waals surface area contributed by atoms with E-state index in [-0.39, 0.29) is 18.0 Å². The Morgan fingerprint density at radius 3 is 3.12 bits per heavy atom. The first-order valence-electron chi connectivity index (χ1n) is 4.92. The van der Waals surface area contributed by atoms with E-state index >= 15 is 0 Å². The fourth-order valence-corrected chi connectivity index (χ4v) is 2.38. The van der Waals surface area contributed by atoms with Crippen LogP contribution in [0, 0.1) is 0 Å². The van der Waals surface area contributed by atoms with Crippen LogP contribution in [0.5, 0.6) is 0 Å². The number of carbonyl (C=O) groups excluding carboxylic acids is 1.